The van der Waals surface area contributed by atoms with Crippen molar-refractivity contribution in [1.29, 1.82) is 0 Å². The third-order valence-electron chi connectivity index (χ3n) is 12.0. The van der Waals surface area contributed by atoms with Crippen molar-refractivity contribution >= 4 is 92.9 Å². The van der Waals surface area contributed by atoms with E-state index in [0.717, 1.165) is 44.4 Å². The molecule has 12 rings (SSSR count). The minimum absolute atomic E-state index is 0.865. The van der Waals surface area contributed by atoms with Crippen LogP contribution in [-0.4, -0.2) is 0 Å². The van der Waals surface area contributed by atoms with Gasteiger partial charge in [-0.1, -0.05) is 164 Å². The van der Waals surface area contributed by atoms with E-state index in [1.807, 2.05) is 0 Å². The molecular formula is C56H35NO. The highest BCUT2D eigenvalue weighted by molar-refractivity contribution is 6.22. The monoisotopic (exact) mass is 737 g/mol. The molecule has 0 unspecified atom stereocenters. The topological polar surface area (TPSA) is 16.4 Å². The van der Waals surface area contributed by atoms with Crippen molar-refractivity contribution in [3.05, 3.63) is 212 Å². The van der Waals surface area contributed by atoms with E-state index in [4.69, 9.17) is 4.42 Å². The predicted molar refractivity (Wildman–Crippen MR) is 247 cm³/mol. The molecule has 11 aromatic carbocycles. The normalized spacial score (nSPS) is 11.8. The van der Waals surface area contributed by atoms with Gasteiger partial charge in [0.25, 0.3) is 0 Å². The minimum Gasteiger partial charge on any atom is -0.455 e. The Kier molecular flexibility index (Phi) is 7.26. The third-order valence-corrected chi connectivity index (χ3v) is 12.0. The average Bonchev–Trinajstić information content (AvgIpc) is 3.67. The molecule has 0 N–H and O–H groups in total. The van der Waals surface area contributed by atoms with Crippen LogP contribution in [0.1, 0.15) is 0 Å². The van der Waals surface area contributed by atoms with Crippen LogP contribution in [0.4, 0.5) is 17.1 Å². The summed E-state index contributed by atoms with van der Waals surface area (Å²) < 4.78 is 6.78. The van der Waals surface area contributed by atoms with Crippen molar-refractivity contribution in [3.8, 4) is 22.3 Å². The van der Waals surface area contributed by atoms with Gasteiger partial charge in [-0.05, 0) is 113 Å². The van der Waals surface area contributed by atoms with Crippen LogP contribution in [0.3, 0.4) is 0 Å². The van der Waals surface area contributed by atoms with Gasteiger partial charge in [-0.25, -0.2) is 0 Å². The maximum absolute atomic E-state index is 6.78. The lowest BCUT2D eigenvalue weighted by Crippen LogP contribution is -2.10. The van der Waals surface area contributed by atoms with E-state index in [1.54, 1.807) is 0 Å². The first-order valence-electron chi connectivity index (χ1n) is 19.9. The summed E-state index contributed by atoms with van der Waals surface area (Å²) in [6.07, 6.45) is 0. The van der Waals surface area contributed by atoms with Gasteiger partial charge in [0.05, 0.1) is 0 Å². The van der Waals surface area contributed by atoms with E-state index in [0.29, 0.717) is 0 Å². The van der Waals surface area contributed by atoms with E-state index < -0.39 is 0 Å². The van der Waals surface area contributed by atoms with Crippen molar-refractivity contribution in [3.63, 3.8) is 0 Å². The third kappa shape index (κ3) is 5.05. The highest BCUT2D eigenvalue weighted by Crippen LogP contribution is 2.48. The highest BCUT2D eigenvalue weighted by Gasteiger charge is 2.22. The van der Waals surface area contributed by atoms with Gasteiger partial charge < -0.3 is 9.32 Å². The summed E-state index contributed by atoms with van der Waals surface area (Å²) in [6.45, 7) is 0. The molecule has 0 aliphatic heterocycles. The Morgan fingerprint density at radius 2 is 0.741 bits per heavy atom. The number of furan rings is 1. The first kappa shape index (κ1) is 32.6. The second-order valence-corrected chi connectivity index (χ2v) is 15.2. The molecule has 0 saturated carbocycles. The standard InChI is InChI=1S/C56H35NO/c1-3-15-38(16-4-1)54-50-22-12-11-21-47(50)48-31-27-42(34-52(48)55(54)39-17-5-2-6-18-39)57(41-26-30-45-40(33-41)24-23-36-13-7-9-19-44(36)45)43-28-32-49-51-29-25-37-14-8-10-20-46(37)56(51)58-53(49)35-43/h1-35H. The second kappa shape index (κ2) is 12.9. The molecule has 0 radical (unpaired) electrons. The van der Waals surface area contributed by atoms with Crippen LogP contribution in [0, 0.1) is 0 Å². The van der Waals surface area contributed by atoms with Gasteiger partial charge in [0.1, 0.15) is 11.2 Å². The Balaban J connectivity index is 1.15. The maximum atomic E-state index is 6.78. The Morgan fingerprint density at radius 1 is 0.276 bits per heavy atom. The largest absolute Gasteiger partial charge is 0.455 e. The highest BCUT2D eigenvalue weighted by atomic mass is 16.3. The zero-order valence-corrected chi connectivity index (χ0v) is 31.6. The minimum atomic E-state index is 0.865. The van der Waals surface area contributed by atoms with Crippen molar-refractivity contribution in [1.82, 2.24) is 0 Å². The van der Waals surface area contributed by atoms with Gasteiger partial charge in [-0.15, -0.1) is 0 Å². The van der Waals surface area contributed by atoms with E-state index in [9.17, 15) is 0 Å². The molecule has 0 saturated heterocycles. The molecule has 58 heavy (non-hydrogen) atoms. The molecule has 0 spiro atoms. The lowest BCUT2D eigenvalue weighted by atomic mass is 9.85. The number of fused-ring (bicyclic) bond motifs is 11. The Bertz CT molecular complexity index is 3570. The van der Waals surface area contributed by atoms with Gasteiger partial charge >= 0.3 is 0 Å². The van der Waals surface area contributed by atoms with Crippen molar-refractivity contribution in [2.45, 2.75) is 0 Å². The molecule has 0 amide bonds. The predicted octanol–water partition coefficient (Wildman–Crippen LogP) is 16.2. The fourth-order valence-corrected chi connectivity index (χ4v) is 9.35. The number of anilines is 3. The van der Waals surface area contributed by atoms with E-state index in [2.05, 4.69) is 217 Å². The van der Waals surface area contributed by atoms with Crippen LogP contribution in [-0.2, 0) is 0 Å². The van der Waals surface area contributed by atoms with Crippen LogP contribution in [0.25, 0.3) is 98.1 Å². The van der Waals surface area contributed by atoms with E-state index in [-0.39, 0.29) is 0 Å². The quantitative estimate of drug-likeness (QED) is 0.164. The zero-order valence-electron chi connectivity index (χ0n) is 31.6. The smallest absolute Gasteiger partial charge is 0.143 e. The molecule has 1 aromatic heterocycles. The van der Waals surface area contributed by atoms with Crippen LogP contribution < -0.4 is 4.90 Å². The van der Waals surface area contributed by atoms with Crippen molar-refractivity contribution < 1.29 is 4.42 Å². The van der Waals surface area contributed by atoms with Gasteiger partial charge in [-0.2, -0.15) is 0 Å². The first-order valence-corrected chi connectivity index (χ1v) is 19.9. The fraction of sp³-hybridized carbons (Fsp3) is 0. The summed E-state index contributed by atoms with van der Waals surface area (Å²) in [4.78, 5) is 2.39. The molecule has 0 aliphatic carbocycles. The summed E-state index contributed by atoms with van der Waals surface area (Å²) in [6, 6.07) is 77.1. The second-order valence-electron chi connectivity index (χ2n) is 15.2. The molecule has 2 nitrogen and oxygen atoms in total. The summed E-state index contributed by atoms with van der Waals surface area (Å²) in [5.41, 5.74) is 9.82. The van der Waals surface area contributed by atoms with Crippen LogP contribution in [0.15, 0.2) is 217 Å². The molecule has 1 heterocycles. The summed E-state index contributed by atoms with van der Waals surface area (Å²) in [5, 5.41) is 14.4. The van der Waals surface area contributed by atoms with Crippen LogP contribution in [0.5, 0.6) is 0 Å². The number of rotatable bonds is 5. The van der Waals surface area contributed by atoms with Crippen LogP contribution in [0.2, 0.25) is 0 Å². The first-order chi connectivity index (χ1) is 28.8. The Morgan fingerprint density at radius 3 is 1.48 bits per heavy atom. The number of benzene rings is 11. The molecular weight excluding hydrogens is 703 g/mol. The number of nitrogens with zero attached hydrogens (tertiary/aromatic N) is 1. The summed E-state index contributed by atoms with van der Waals surface area (Å²) in [7, 11) is 0. The van der Waals surface area contributed by atoms with Crippen molar-refractivity contribution in [2.75, 3.05) is 4.90 Å². The van der Waals surface area contributed by atoms with Gasteiger partial charge in [-0.3, -0.25) is 0 Å². The molecule has 0 fully saturated rings. The van der Waals surface area contributed by atoms with Gasteiger partial charge in [0, 0.05) is 39.3 Å². The molecule has 2 heteroatoms. The van der Waals surface area contributed by atoms with Crippen molar-refractivity contribution in [2.24, 2.45) is 0 Å². The molecule has 0 bridgehead atoms. The molecule has 0 aliphatic rings. The SMILES string of the molecule is c1ccc(-c2c(-c3ccccc3)c3cc(N(c4ccc5c(ccc6ccccc65)c4)c4ccc5c(c4)oc4c6ccccc6ccc54)ccc3c3ccccc23)cc1. The zero-order chi connectivity index (χ0) is 38.2. The summed E-state index contributed by atoms with van der Waals surface area (Å²) >= 11 is 0. The van der Waals surface area contributed by atoms with Gasteiger partial charge in [0.2, 0.25) is 0 Å². The lowest BCUT2D eigenvalue weighted by molar-refractivity contribution is 0.672. The molecule has 0 atom stereocenters. The number of hydrogen-bond donors (Lipinski definition) is 0. The van der Waals surface area contributed by atoms with Crippen LogP contribution >= 0.6 is 0 Å². The average molecular weight is 738 g/mol. The Hall–Kier alpha value is -7.68. The molecule has 270 valence electrons. The summed E-state index contributed by atoms with van der Waals surface area (Å²) in [5.74, 6) is 0. The molecule has 12 aromatic rings. The Labute approximate surface area is 335 Å². The van der Waals surface area contributed by atoms with E-state index >= 15 is 0 Å². The van der Waals surface area contributed by atoms with E-state index in [1.165, 1.54) is 70.7 Å². The maximum Gasteiger partial charge on any atom is 0.143 e. The van der Waals surface area contributed by atoms with Gasteiger partial charge in [0.15, 0.2) is 0 Å². The lowest BCUT2D eigenvalue weighted by Gasteiger charge is -2.27. The fourth-order valence-electron chi connectivity index (χ4n) is 9.35. The number of hydrogen-bond acceptors (Lipinski definition) is 2.